The quantitative estimate of drug-likeness (QED) is 0.459. The summed E-state index contributed by atoms with van der Waals surface area (Å²) in [6, 6.07) is 31.3. The van der Waals surface area contributed by atoms with E-state index in [2.05, 4.69) is 72.8 Å². The molecule has 0 heterocycles. The van der Waals surface area contributed by atoms with Crippen LogP contribution in [0.1, 0.15) is 0 Å². The van der Waals surface area contributed by atoms with Crippen molar-refractivity contribution < 1.29 is 20.4 Å². The van der Waals surface area contributed by atoms with Gasteiger partial charge in [0.1, 0.15) is 0 Å². The molecule has 110 valence electrons. The first-order chi connectivity index (χ1) is 9.82. The minimum Gasteiger partial charge on any atom is 0 e. The summed E-state index contributed by atoms with van der Waals surface area (Å²) in [7, 11) is 0. The number of hydrogen-bond donors (Lipinski definition) is 0. The van der Waals surface area contributed by atoms with E-state index in [1.54, 1.807) is 0 Å². The maximum atomic E-state index is 7.25. The van der Waals surface area contributed by atoms with E-state index in [1.807, 2.05) is 18.2 Å². The van der Waals surface area contributed by atoms with E-state index in [0.29, 0.717) is 0 Å². The molecule has 3 heteroatoms. The van der Waals surface area contributed by atoms with Crippen LogP contribution >= 0.6 is 17.9 Å². The van der Waals surface area contributed by atoms with Gasteiger partial charge in [-0.05, 0) is 0 Å². The van der Waals surface area contributed by atoms with Gasteiger partial charge in [0.05, 0.1) is 0 Å². The van der Waals surface area contributed by atoms with Crippen molar-refractivity contribution in [3.8, 4) is 0 Å². The Hall–Kier alpha value is -0.958. The molecule has 0 bridgehead atoms. The molecule has 0 unspecified atom stereocenters. The second-order valence-corrected chi connectivity index (χ2v) is 9.51. The summed E-state index contributed by atoms with van der Waals surface area (Å²) in [4.78, 5) is 0. The van der Waals surface area contributed by atoms with Crippen LogP contribution in [0.3, 0.4) is 0 Å². The van der Waals surface area contributed by atoms with E-state index in [-0.39, 0.29) is 20.4 Å². The molecule has 3 aromatic rings. The number of rotatable bonds is 3. The molecule has 3 rings (SSSR count). The van der Waals surface area contributed by atoms with Gasteiger partial charge in [-0.2, -0.15) is 0 Å². The molecule has 0 aromatic heterocycles. The second kappa shape index (κ2) is 7.35. The minimum atomic E-state index is -2.41. The topological polar surface area (TPSA) is 0 Å². The molecule has 0 saturated heterocycles. The van der Waals surface area contributed by atoms with Crippen molar-refractivity contribution in [2.75, 3.05) is 0 Å². The van der Waals surface area contributed by atoms with Crippen LogP contribution in [0.2, 0.25) is 0 Å². The Morgan fingerprint density at radius 1 is 0.476 bits per heavy atom. The smallest absolute Gasteiger partial charge is 0 e. The van der Waals surface area contributed by atoms with Crippen LogP contribution in [0.5, 0.6) is 0 Å². The Balaban J connectivity index is 0.00000161. The predicted octanol–water partition coefficient (Wildman–Crippen LogP) is 3.86. The van der Waals surface area contributed by atoms with E-state index < -0.39 is 6.62 Å². The van der Waals surface area contributed by atoms with E-state index in [4.69, 9.17) is 11.2 Å². The normalized spacial score (nSPS) is 11.5. The first-order valence-corrected chi connectivity index (χ1v) is 9.68. The molecular weight excluding hydrogens is 389 g/mol. The monoisotopic (exact) mass is 404 g/mol. The van der Waals surface area contributed by atoms with E-state index in [1.165, 1.54) is 15.9 Å². The molecule has 0 radical (unpaired) electrons. The first-order valence-electron chi connectivity index (χ1n) is 6.67. The van der Waals surface area contributed by atoms with Gasteiger partial charge >= 0.3 is 125 Å². The standard InChI is InChI=1S/C18H16ClP.Pd/c19-20(16-10-4-1-5-11-16,17-12-6-2-7-13-17)18-14-8-3-9-15-18;/h1-15,20H;. The average molecular weight is 405 g/mol. The molecule has 0 atom stereocenters. The molecule has 0 aliphatic carbocycles. The summed E-state index contributed by atoms with van der Waals surface area (Å²) in [5.74, 6) is 0. The third-order valence-corrected chi connectivity index (χ3v) is 8.87. The Kier molecular flexibility index (Phi) is 5.74. The second-order valence-electron chi connectivity index (χ2n) is 4.76. The van der Waals surface area contributed by atoms with Gasteiger partial charge in [-0.25, -0.2) is 0 Å². The van der Waals surface area contributed by atoms with Crippen LogP contribution < -0.4 is 15.9 Å². The van der Waals surface area contributed by atoms with Crippen molar-refractivity contribution >= 4 is 33.8 Å². The summed E-state index contributed by atoms with van der Waals surface area (Å²) in [5.41, 5.74) is 0. The van der Waals surface area contributed by atoms with Gasteiger partial charge in [-0.1, -0.05) is 0 Å². The maximum absolute atomic E-state index is 7.25. The van der Waals surface area contributed by atoms with Crippen LogP contribution in [0, 0.1) is 0 Å². The minimum absolute atomic E-state index is 0. The predicted molar refractivity (Wildman–Crippen MR) is 92.4 cm³/mol. The van der Waals surface area contributed by atoms with Gasteiger partial charge in [-0.15, -0.1) is 0 Å². The molecule has 3 aromatic carbocycles. The summed E-state index contributed by atoms with van der Waals surface area (Å²) in [6.45, 7) is -2.41. The molecular formula is C18H16ClPPd. The third-order valence-electron chi connectivity index (χ3n) is 3.51. The third kappa shape index (κ3) is 3.28. The fourth-order valence-electron chi connectivity index (χ4n) is 2.50. The van der Waals surface area contributed by atoms with Gasteiger partial charge in [0.25, 0.3) is 0 Å². The van der Waals surface area contributed by atoms with E-state index in [9.17, 15) is 0 Å². The van der Waals surface area contributed by atoms with Crippen LogP contribution in [-0.4, -0.2) is 0 Å². The van der Waals surface area contributed by atoms with Gasteiger partial charge in [0.15, 0.2) is 0 Å². The Labute approximate surface area is 145 Å². The number of benzene rings is 3. The Morgan fingerprint density at radius 2 is 0.714 bits per heavy atom. The molecule has 0 nitrogen and oxygen atoms in total. The van der Waals surface area contributed by atoms with Crippen molar-refractivity contribution in [3.05, 3.63) is 91.0 Å². The molecule has 0 spiro atoms. The van der Waals surface area contributed by atoms with Crippen molar-refractivity contribution in [1.82, 2.24) is 0 Å². The maximum Gasteiger partial charge on any atom is 0 e. The summed E-state index contributed by atoms with van der Waals surface area (Å²) >= 11 is 7.25. The van der Waals surface area contributed by atoms with Crippen LogP contribution in [0.15, 0.2) is 91.0 Å². The molecule has 0 aliphatic heterocycles. The van der Waals surface area contributed by atoms with Gasteiger partial charge < -0.3 is 0 Å². The molecule has 21 heavy (non-hydrogen) atoms. The fraction of sp³-hybridized carbons (Fsp3) is 0. The molecule has 0 aliphatic rings. The van der Waals surface area contributed by atoms with Crippen LogP contribution in [0.4, 0.5) is 0 Å². The van der Waals surface area contributed by atoms with Gasteiger partial charge in [0, 0.05) is 20.4 Å². The zero-order chi connectivity index (χ0) is 13.8. The Morgan fingerprint density at radius 3 is 0.952 bits per heavy atom. The molecule has 0 fully saturated rings. The SMILES string of the molecule is Cl[PH](c1ccccc1)(c1ccccc1)c1ccccc1.[Pd]. The fourth-order valence-corrected chi connectivity index (χ4v) is 6.59. The van der Waals surface area contributed by atoms with Crippen molar-refractivity contribution in [2.45, 2.75) is 0 Å². The van der Waals surface area contributed by atoms with Crippen LogP contribution in [0.25, 0.3) is 0 Å². The Bertz CT molecular complexity index is 575. The molecule has 0 saturated carbocycles. The largest absolute Gasteiger partial charge is 0 e. The number of halogens is 1. The van der Waals surface area contributed by atoms with Crippen molar-refractivity contribution in [3.63, 3.8) is 0 Å². The van der Waals surface area contributed by atoms with E-state index >= 15 is 0 Å². The van der Waals surface area contributed by atoms with Gasteiger partial charge in [0.2, 0.25) is 0 Å². The van der Waals surface area contributed by atoms with Crippen molar-refractivity contribution in [1.29, 1.82) is 0 Å². The van der Waals surface area contributed by atoms with Gasteiger partial charge in [-0.3, -0.25) is 0 Å². The first kappa shape index (κ1) is 16.4. The summed E-state index contributed by atoms with van der Waals surface area (Å²) in [6.07, 6.45) is 0. The van der Waals surface area contributed by atoms with Crippen molar-refractivity contribution in [2.24, 2.45) is 0 Å². The average Bonchev–Trinajstić information content (AvgIpc) is 2.56. The van der Waals surface area contributed by atoms with E-state index in [0.717, 1.165) is 0 Å². The summed E-state index contributed by atoms with van der Waals surface area (Å²) in [5, 5.41) is 3.66. The molecule has 0 amide bonds. The molecule has 0 N–H and O–H groups in total. The zero-order valence-corrected chi connectivity index (χ0v) is 14.7. The van der Waals surface area contributed by atoms with Crippen LogP contribution in [-0.2, 0) is 20.4 Å². The number of hydrogen-bond acceptors (Lipinski definition) is 0. The summed E-state index contributed by atoms with van der Waals surface area (Å²) < 4.78 is 0. The zero-order valence-electron chi connectivity index (χ0n) is 11.4.